The van der Waals surface area contributed by atoms with Gasteiger partial charge in [0.15, 0.2) is 0 Å². The van der Waals surface area contributed by atoms with Crippen LogP contribution in [0.15, 0.2) is 6.07 Å². The van der Waals surface area contributed by atoms with E-state index in [2.05, 4.69) is 24.8 Å². The average Bonchev–Trinajstić information content (AvgIpc) is 2.39. The molecule has 0 amide bonds. The minimum Gasteiger partial charge on any atom is -0.357 e. The number of rotatable bonds is 4. The van der Waals surface area contributed by atoms with Crippen LogP contribution in [0, 0.1) is 0 Å². The van der Waals surface area contributed by atoms with Crippen LogP contribution >= 0.6 is 0 Å². The lowest BCUT2D eigenvalue weighted by molar-refractivity contribution is 0.662. The summed E-state index contributed by atoms with van der Waals surface area (Å²) in [5.41, 5.74) is 9.79. The van der Waals surface area contributed by atoms with E-state index in [0.717, 1.165) is 25.3 Å². The molecule has 3 nitrogen and oxygen atoms in total. The second-order valence-corrected chi connectivity index (χ2v) is 4.66. The van der Waals surface area contributed by atoms with Crippen LogP contribution in [0.5, 0.6) is 0 Å². The summed E-state index contributed by atoms with van der Waals surface area (Å²) in [7, 11) is 0. The molecular weight excluding hydrogens is 210 g/mol. The van der Waals surface area contributed by atoms with Crippen molar-refractivity contribution in [3.05, 3.63) is 22.9 Å². The molecule has 1 aromatic heterocycles. The number of aryl methyl sites for hydroxylation is 2. The molecule has 17 heavy (non-hydrogen) atoms. The molecule has 0 unspecified atom stereocenters. The van der Waals surface area contributed by atoms with Crippen molar-refractivity contribution >= 4 is 5.82 Å². The maximum atomic E-state index is 5.86. The number of nitrogens with two attached hydrogens (primary N) is 1. The first-order valence-corrected chi connectivity index (χ1v) is 6.76. The van der Waals surface area contributed by atoms with Crippen molar-refractivity contribution in [2.24, 2.45) is 5.73 Å². The summed E-state index contributed by atoms with van der Waals surface area (Å²) in [5.74, 6) is 1.11. The molecule has 0 radical (unpaired) electrons. The summed E-state index contributed by atoms with van der Waals surface area (Å²) in [5, 5.41) is 0. The van der Waals surface area contributed by atoms with Gasteiger partial charge in [0.1, 0.15) is 5.82 Å². The summed E-state index contributed by atoms with van der Waals surface area (Å²) in [6.07, 6.45) is 4.88. The highest BCUT2D eigenvalue weighted by Crippen LogP contribution is 2.26. The third-order valence-electron chi connectivity index (χ3n) is 3.64. The van der Waals surface area contributed by atoms with E-state index in [-0.39, 0.29) is 0 Å². The van der Waals surface area contributed by atoms with Gasteiger partial charge in [-0.25, -0.2) is 4.98 Å². The highest BCUT2D eigenvalue weighted by atomic mass is 15.2. The standard InChI is InChI=1S/C14H23N3/c1-3-17(4-2)14-12(10-15)9-11-7-5-6-8-13(11)16-14/h9H,3-8,10,15H2,1-2H3. The van der Waals surface area contributed by atoms with E-state index in [0.29, 0.717) is 6.54 Å². The highest BCUT2D eigenvalue weighted by Gasteiger charge is 2.16. The van der Waals surface area contributed by atoms with Crippen molar-refractivity contribution in [1.29, 1.82) is 0 Å². The molecule has 0 spiro atoms. The molecule has 0 saturated heterocycles. The first kappa shape index (κ1) is 12.4. The van der Waals surface area contributed by atoms with Crippen LogP contribution in [0.4, 0.5) is 5.82 Å². The monoisotopic (exact) mass is 233 g/mol. The molecule has 0 aromatic carbocycles. The summed E-state index contributed by atoms with van der Waals surface area (Å²) < 4.78 is 0. The maximum Gasteiger partial charge on any atom is 0.133 e. The molecule has 1 heterocycles. The van der Waals surface area contributed by atoms with Crippen LogP contribution in [0.2, 0.25) is 0 Å². The van der Waals surface area contributed by atoms with Crippen LogP contribution in [-0.4, -0.2) is 18.1 Å². The highest BCUT2D eigenvalue weighted by molar-refractivity contribution is 5.50. The van der Waals surface area contributed by atoms with Crippen molar-refractivity contribution in [1.82, 2.24) is 4.98 Å². The Hall–Kier alpha value is -1.09. The van der Waals surface area contributed by atoms with E-state index in [1.807, 2.05) is 0 Å². The van der Waals surface area contributed by atoms with Crippen molar-refractivity contribution in [2.75, 3.05) is 18.0 Å². The van der Waals surface area contributed by atoms with Crippen LogP contribution in [0.25, 0.3) is 0 Å². The van der Waals surface area contributed by atoms with Gasteiger partial charge in [-0.05, 0) is 51.2 Å². The summed E-state index contributed by atoms with van der Waals surface area (Å²) in [6.45, 7) is 6.92. The zero-order chi connectivity index (χ0) is 12.3. The topological polar surface area (TPSA) is 42.2 Å². The Labute approximate surface area is 104 Å². The van der Waals surface area contributed by atoms with Gasteiger partial charge in [0, 0.05) is 30.9 Å². The van der Waals surface area contributed by atoms with Gasteiger partial charge in [-0.3, -0.25) is 0 Å². The van der Waals surface area contributed by atoms with Crippen LogP contribution in [0.3, 0.4) is 0 Å². The second-order valence-electron chi connectivity index (χ2n) is 4.66. The molecular formula is C14H23N3. The number of hydrogen-bond acceptors (Lipinski definition) is 3. The normalized spacial score (nSPS) is 14.5. The fourth-order valence-electron chi connectivity index (χ4n) is 2.62. The van der Waals surface area contributed by atoms with Gasteiger partial charge in [0.2, 0.25) is 0 Å². The van der Waals surface area contributed by atoms with Gasteiger partial charge < -0.3 is 10.6 Å². The minimum atomic E-state index is 0.589. The molecule has 94 valence electrons. The minimum absolute atomic E-state index is 0.589. The van der Waals surface area contributed by atoms with E-state index in [1.54, 1.807) is 0 Å². The van der Waals surface area contributed by atoms with Crippen molar-refractivity contribution in [3.8, 4) is 0 Å². The van der Waals surface area contributed by atoms with Gasteiger partial charge in [-0.1, -0.05) is 0 Å². The molecule has 0 aliphatic heterocycles. The molecule has 1 aromatic rings. The quantitative estimate of drug-likeness (QED) is 0.867. The van der Waals surface area contributed by atoms with E-state index < -0.39 is 0 Å². The van der Waals surface area contributed by atoms with Gasteiger partial charge in [-0.2, -0.15) is 0 Å². The Bertz CT molecular complexity index is 383. The maximum absolute atomic E-state index is 5.86. The predicted molar refractivity (Wildman–Crippen MR) is 72.3 cm³/mol. The Balaban J connectivity index is 2.42. The van der Waals surface area contributed by atoms with Crippen molar-refractivity contribution in [3.63, 3.8) is 0 Å². The first-order chi connectivity index (χ1) is 8.30. The lowest BCUT2D eigenvalue weighted by Crippen LogP contribution is -2.26. The molecule has 1 aliphatic rings. The van der Waals surface area contributed by atoms with Crippen molar-refractivity contribution < 1.29 is 0 Å². The number of pyridine rings is 1. The lowest BCUT2D eigenvalue weighted by atomic mass is 9.94. The Morgan fingerprint density at radius 3 is 2.59 bits per heavy atom. The molecule has 2 N–H and O–H groups in total. The molecule has 2 rings (SSSR count). The number of hydrogen-bond donors (Lipinski definition) is 1. The lowest BCUT2D eigenvalue weighted by Gasteiger charge is -2.25. The van der Waals surface area contributed by atoms with Gasteiger partial charge in [0.25, 0.3) is 0 Å². The van der Waals surface area contributed by atoms with Gasteiger partial charge in [0.05, 0.1) is 0 Å². The van der Waals surface area contributed by atoms with E-state index in [4.69, 9.17) is 10.7 Å². The number of fused-ring (bicyclic) bond motifs is 1. The zero-order valence-electron chi connectivity index (χ0n) is 11.0. The Morgan fingerprint density at radius 2 is 1.94 bits per heavy atom. The number of anilines is 1. The second kappa shape index (κ2) is 5.50. The zero-order valence-corrected chi connectivity index (χ0v) is 11.0. The Kier molecular flexibility index (Phi) is 4.00. The van der Waals surface area contributed by atoms with Crippen LogP contribution < -0.4 is 10.6 Å². The largest absolute Gasteiger partial charge is 0.357 e. The van der Waals surface area contributed by atoms with Crippen LogP contribution in [0.1, 0.15) is 43.5 Å². The molecule has 3 heteroatoms. The molecule has 0 atom stereocenters. The fraction of sp³-hybridized carbons (Fsp3) is 0.643. The van der Waals surface area contributed by atoms with E-state index in [1.165, 1.54) is 36.1 Å². The summed E-state index contributed by atoms with van der Waals surface area (Å²) >= 11 is 0. The van der Waals surface area contributed by atoms with E-state index >= 15 is 0 Å². The number of aromatic nitrogens is 1. The van der Waals surface area contributed by atoms with Gasteiger partial charge in [-0.15, -0.1) is 0 Å². The smallest absolute Gasteiger partial charge is 0.133 e. The molecule has 0 bridgehead atoms. The fourth-order valence-corrected chi connectivity index (χ4v) is 2.62. The molecule has 1 aliphatic carbocycles. The number of nitrogens with zero attached hydrogens (tertiary/aromatic N) is 2. The third kappa shape index (κ3) is 2.44. The SMILES string of the molecule is CCN(CC)c1nc2c(cc1CN)CCCC2. The predicted octanol–water partition coefficient (Wildman–Crippen LogP) is 2.27. The summed E-state index contributed by atoms with van der Waals surface area (Å²) in [6, 6.07) is 2.29. The average molecular weight is 233 g/mol. The van der Waals surface area contributed by atoms with Gasteiger partial charge >= 0.3 is 0 Å². The molecule has 0 fully saturated rings. The van der Waals surface area contributed by atoms with E-state index in [9.17, 15) is 0 Å². The molecule has 0 saturated carbocycles. The van der Waals surface area contributed by atoms with Crippen LogP contribution in [-0.2, 0) is 19.4 Å². The van der Waals surface area contributed by atoms with Crippen molar-refractivity contribution in [2.45, 2.75) is 46.1 Å². The Morgan fingerprint density at radius 1 is 1.24 bits per heavy atom. The first-order valence-electron chi connectivity index (χ1n) is 6.76. The third-order valence-corrected chi connectivity index (χ3v) is 3.64. The summed E-state index contributed by atoms with van der Waals surface area (Å²) in [4.78, 5) is 7.17.